The maximum absolute atomic E-state index is 14.1. The van der Waals surface area contributed by atoms with Gasteiger partial charge in [0, 0.05) is 50.1 Å². The van der Waals surface area contributed by atoms with Crippen molar-refractivity contribution in [2.75, 3.05) is 36.0 Å². The normalized spacial score (nSPS) is 20.3. The van der Waals surface area contributed by atoms with Crippen molar-refractivity contribution in [2.24, 2.45) is 10.8 Å². The number of alkyl halides is 2. The minimum atomic E-state index is -2.56. The number of piperidine rings is 2. The second kappa shape index (κ2) is 13.6. The molecule has 2 aliphatic heterocycles. The molecule has 290 valence electrons. The first-order valence-electron chi connectivity index (χ1n) is 19.3. The lowest BCUT2D eigenvalue weighted by atomic mass is 9.77. The molecule has 2 saturated heterocycles. The van der Waals surface area contributed by atoms with Gasteiger partial charge in [0.1, 0.15) is 34.1 Å². The van der Waals surface area contributed by atoms with Crippen molar-refractivity contribution in [1.82, 2.24) is 40.3 Å². The summed E-state index contributed by atoms with van der Waals surface area (Å²) in [6.07, 6.45) is 13.2. The van der Waals surface area contributed by atoms with Gasteiger partial charge in [-0.15, -0.1) is 0 Å². The Morgan fingerprint density at radius 3 is 1.80 bits per heavy atom. The van der Waals surface area contributed by atoms with Crippen molar-refractivity contribution in [1.29, 1.82) is 0 Å². The van der Waals surface area contributed by atoms with E-state index in [2.05, 4.69) is 30.2 Å². The summed E-state index contributed by atoms with van der Waals surface area (Å²) in [4.78, 5) is 23.8. The van der Waals surface area contributed by atoms with E-state index in [0.717, 1.165) is 18.9 Å². The molecular formula is C40H38Cl4F2N10. The van der Waals surface area contributed by atoms with Crippen LogP contribution in [0.4, 0.5) is 20.4 Å². The van der Waals surface area contributed by atoms with Gasteiger partial charge in [-0.05, 0) is 85.1 Å². The Labute approximate surface area is 341 Å². The van der Waals surface area contributed by atoms with Gasteiger partial charge in [-0.25, -0.2) is 28.7 Å². The molecular weight excluding hydrogens is 800 g/mol. The number of hydrogen-bond acceptors (Lipinski definition) is 8. The van der Waals surface area contributed by atoms with E-state index >= 15 is 0 Å². The molecule has 2 aliphatic carbocycles. The fraction of sp³-hybridized carbons (Fsp3) is 0.450. The summed E-state index contributed by atoms with van der Waals surface area (Å²) >= 11 is 27.4. The number of anilines is 2. The minimum Gasteiger partial charge on any atom is -0.355 e. The number of nitrogens with one attached hydrogen (secondary N) is 2. The molecule has 4 aromatic heterocycles. The molecule has 2 N–H and O–H groups in total. The van der Waals surface area contributed by atoms with Crippen molar-refractivity contribution in [2.45, 2.75) is 76.6 Å². The van der Waals surface area contributed by atoms with Crippen LogP contribution in [0.3, 0.4) is 0 Å². The Morgan fingerprint density at radius 2 is 1.20 bits per heavy atom. The largest absolute Gasteiger partial charge is 0.355 e. The average molecular weight is 839 g/mol. The second-order valence-electron chi connectivity index (χ2n) is 16.3. The zero-order valence-corrected chi connectivity index (χ0v) is 33.4. The van der Waals surface area contributed by atoms with E-state index < -0.39 is 5.92 Å². The van der Waals surface area contributed by atoms with Crippen molar-refractivity contribution in [3.63, 3.8) is 0 Å². The lowest BCUT2D eigenvalue weighted by Gasteiger charge is -2.39. The molecule has 0 bridgehead atoms. The molecule has 16 heteroatoms. The van der Waals surface area contributed by atoms with E-state index in [1.807, 2.05) is 18.3 Å². The summed E-state index contributed by atoms with van der Waals surface area (Å²) in [5, 5.41) is 16.7. The van der Waals surface area contributed by atoms with Crippen LogP contribution >= 0.6 is 46.4 Å². The molecule has 10 rings (SSSR count). The van der Waals surface area contributed by atoms with Gasteiger partial charge in [0.15, 0.2) is 11.3 Å². The van der Waals surface area contributed by atoms with Crippen LogP contribution in [0.5, 0.6) is 0 Å². The molecule has 4 aliphatic rings. The van der Waals surface area contributed by atoms with Gasteiger partial charge in [0.05, 0.1) is 32.5 Å². The lowest BCUT2D eigenvalue weighted by molar-refractivity contribution is -0.00683. The van der Waals surface area contributed by atoms with Gasteiger partial charge >= 0.3 is 0 Å². The van der Waals surface area contributed by atoms with Gasteiger partial charge in [-0.1, -0.05) is 65.3 Å². The molecule has 2 spiro atoms. The number of aromatic nitrogens is 8. The zero-order valence-electron chi connectivity index (χ0n) is 30.4. The van der Waals surface area contributed by atoms with Gasteiger partial charge in [0.2, 0.25) is 5.92 Å². The van der Waals surface area contributed by atoms with Crippen LogP contribution in [-0.4, -0.2) is 72.4 Å². The molecule has 2 aromatic carbocycles. The van der Waals surface area contributed by atoms with Crippen LogP contribution in [0.2, 0.25) is 20.1 Å². The highest BCUT2D eigenvalue weighted by Gasteiger charge is 2.50. The molecule has 10 nitrogen and oxygen atoms in total. The highest BCUT2D eigenvalue weighted by molar-refractivity contribution is 6.45. The number of fused-ring (bicyclic) bond motifs is 2. The summed E-state index contributed by atoms with van der Waals surface area (Å²) in [5.74, 6) is -1.07. The van der Waals surface area contributed by atoms with Crippen molar-refractivity contribution >= 4 is 80.4 Å². The molecule has 56 heavy (non-hydrogen) atoms. The van der Waals surface area contributed by atoms with Crippen LogP contribution in [0.1, 0.15) is 70.6 Å². The van der Waals surface area contributed by atoms with Crippen LogP contribution in [0, 0.1) is 10.8 Å². The zero-order chi connectivity index (χ0) is 38.4. The first kappa shape index (κ1) is 36.5. The molecule has 0 amide bonds. The number of aromatic amines is 2. The van der Waals surface area contributed by atoms with Gasteiger partial charge < -0.3 is 9.80 Å². The van der Waals surface area contributed by atoms with Crippen molar-refractivity contribution in [3.05, 3.63) is 56.7 Å². The molecule has 4 fully saturated rings. The lowest BCUT2D eigenvalue weighted by Crippen LogP contribution is -2.40. The van der Waals surface area contributed by atoms with E-state index in [4.69, 9.17) is 66.3 Å². The summed E-state index contributed by atoms with van der Waals surface area (Å²) in [6, 6.07) is 7.25. The number of benzene rings is 2. The van der Waals surface area contributed by atoms with E-state index in [1.165, 1.54) is 38.5 Å². The molecule has 6 heterocycles. The van der Waals surface area contributed by atoms with Gasteiger partial charge in [-0.3, -0.25) is 10.2 Å². The maximum Gasteiger partial charge on any atom is 0.248 e. The highest BCUT2D eigenvalue weighted by Crippen LogP contribution is 2.53. The van der Waals surface area contributed by atoms with Gasteiger partial charge in [-0.2, -0.15) is 10.2 Å². The van der Waals surface area contributed by atoms with E-state index in [0.29, 0.717) is 120 Å². The average Bonchev–Trinajstić information content (AvgIpc) is 4.00. The number of H-pyrrole nitrogens is 2. The summed E-state index contributed by atoms with van der Waals surface area (Å²) in [7, 11) is 0. The van der Waals surface area contributed by atoms with Crippen molar-refractivity contribution < 1.29 is 8.78 Å². The summed E-state index contributed by atoms with van der Waals surface area (Å²) in [5.41, 5.74) is 5.80. The van der Waals surface area contributed by atoms with E-state index in [-0.39, 0.29) is 18.3 Å². The number of rotatable bonds is 5. The molecule has 0 radical (unpaired) electrons. The fourth-order valence-corrected chi connectivity index (χ4v) is 10.7. The first-order chi connectivity index (χ1) is 27.0. The van der Waals surface area contributed by atoms with Crippen LogP contribution in [0.15, 0.2) is 36.7 Å². The third-order valence-corrected chi connectivity index (χ3v) is 14.7. The van der Waals surface area contributed by atoms with Crippen LogP contribution < -0.4 is 9.80 Å². The van der Waals surface area contributed by atoms with E-state index in [1.54, 1.807) is 18.3 Å². The Balaban J connectivity index is 0.961. The van der Waals surface area contributed by atoms with Crippen LogP contribution in [-0.2, 0) is 0 Å². The van der Waals surface area contributed by atoms with Gasteiger partial charge in [0.25, 0.3) is 0 Å². The molecule has 0 atom stereocenters. The Hall–Kier alpha value is -3.84. The summed E-state index contributed by atoms with van der Waals surface area (Å²) < 4.78 is 28.1. The molecule has 6 aromatic rings. The number of halogens is 6. The summed E-state index contributed by atoms with van der Waals surface area (Å²) in [6.45, 7) is 3.22. The predicted molar refractivity (Wildman–Crippen MR) is 218 cm³/mol. The van der Waals surface area contributed by atoms with Crippen LogP contribution in [0.25, 0.3) is 56.0 Å². The first-order valence-corrected chi connectivity index (χ1v) is 20.8. The van der Waals surface area contributed by atoms with Crippen molar-refractivity contribution in [3.8, 4) is 33.6 Å². The Morgan fingerprint density at radius 1 is 0.607 bits per heavy atom. The fourth-order valence-electron chi connectivity index (χ4n) is 9.84. The smallest absolute Gasteiger partial charge is 0.248 e. The Bertz CT molecular complexity index is 2500. The standard InChI is InChI=1S/C40H38Cl4F2N10/c41-25-4-3-23(29(31(25)44)33-35-37(54-52-33)50-28(20-48-35)55-13-9-38(10-14-55)5-1-2-6-38)22-17-24(30(43)26(42)18-22)32-34-36(53-51-32)49-27(19-47-34)56-15-11-39(12-16-56)7-8-40(45,46)21-39/h3-4,17-20H,1-2,5-16,21H2,(H,49,51,53)(H,50,52,54). The monoisotopic (exact) mass is 836 g/mol. The predicted octanol–water partition coefficient (Wildman–Crippen LogP) is 11.2. The number of nitrogens with zero attached hydrogens (tertiary/aromatic N) is 8. The van der Waals surface area contributed by atoms with E-state index in [9.17, 15) is 8.78 Å². The third-order valence-electron chi connectivity index (χ3n) is 13.1. The molecule has 2 saturated carbocycles. The topological polar surface area (TPSA) is 115 Å². The minimum absolute atomic E-state index is 0.0233. The highest BCUT2D eigenvalue weighted by atomic mass is 35.5. The second-order valence-corrected chi connectivity index (χ2v) is 17.9. The maximum atomic E-state index is 14.1. The Kier molecular flexibility index (Phi) is 8.89. The quantitative estimate of drug-likeness (QED) is 0.176. The number of hydrogen-bond donors (Lipinski definition) is 2. The SMILES string of the molecule is FC1(F)CCC2(CCN(c3cnc4c(-c5cc(-c6ccc(Cl)c(Cl)c6-c6n[nH]c7nc(N8CCC9(CCCC9)CC8)cnc67)cc(Cl)c5Cl)n[nH]c4n3)CC2)C1. The molecule has 0 unspecified atom stereocenters. The third kappa shape index (κ3) is 6.26.